The van der Waals surface area contributed by atoms with Gasteiger partial charge >= 0.3 is 12.0 Å². The van der Waals surface area contributed by atoms with Gasteiger partial charge in [-0.1, -0.05) is 12.1 Å². The molecule has 1 aromatic carbocycles. The lowest BCUT2D eigenvalue weighted by Gasteiger charge is -2.18. The van der Waals surface area contributed by atoms with Crippen LogP contribution in [0.3, 0.4) is 0 Å². The van der Waals surface area contributed by atoms with Crippen molar-refractivity contribution in [2.24, 2.45) is 0 Å². The molecule has 1 N–H and O–H groups in total. The summed E-state index contributed by atoms with van der Waals surface area (Å²) in [6.07, 6.45) is 3.39. The highest BCUT2D eigenvalue weighted by Crippen LogP contribution is 2.12. The summed E-state index contributed by atoms with van der Waals surface area (Å²) in [7, 11) is 3.00. The lowest BCUT2D eigenvalue weighted by atomic mass is 10.2. The zero-order valence-electron chi connectivity index (χ0n) is 12.4. The summed E-state index contributed by atoms with van der Waals surface area (Å²) in [5, 5.41) is 2.74. The van der Waals surface area contributed by atoms with E-state index in [1.807, 2.05) is 12.1 Å². The average Bonchev–Trinajstić information content (AvgIpc) is 2.55. The number of carbonyl (C=O) groups excluding carboxylic acids is 2. The van der Waals surface area contributed by atoms with E-state index < -0.39 is 5.97 Å². The SMILES string of the molecule is COC(=O)c1cccc(NC(=O)N(C)Cc2cccnc2)c1. The topological polar surface area (TPSA) is 71.5 Å². The summed E-state index contributed by atoms with van der Waals surface area (Å²) >= 11 is 0. The molecule has 0 bridgehead atoms. The fourth-order valence-corrected chi connectivity index (χ4v) is 1.90. The van der Waals surface area contributed by atoms with E-state index in [1.54, 1.807) is 43.7 Å². The molecular formula is C16H17N3O3. The second-order valence-electron chi connectivity index (χ2n) is 4.72. The molecule has 0 saturated heterocycles. The predicted octanol–water partition coefficient (Wildman–Crippen LogP) is 2.53. The summed E-state index contributed by atoms with van der Waals surface area (Å²) in [5.74, 6) is -0.445. The standard InChI is InChI=1S/C16H17N3O3/c1-19(11-12-5-4-8-17-10-12)16(21)18-14-7-3-6-13(9-14)15(20)22-2/h3-10H,11H2,1-2H3,(H,18,21). The van der Waals surface area contributed by atoms with Crippen molar-refractivity contribution in [1.29, 1.82) is 0 Å². The van der Waals surface area contributed by atoms with Crippen LogP contribution in [0, 0.1) is 0 Å². The molecule has 114 valence electrons. The van der Waals surface area contributed by atoms with Crippen LogP contribution < -0.4 is 5.32 Å². The van der Waals surface area contributed by atoms with Crippen LogP contribution in [0.2, 0.25) is 0 Å². The van der Waals surface area contributed by atoms with E-state index in [0.717, 1.165) is 5.56 Å². The van der Waals surface area contributed by atoms with Gasteiger partial charge in [-0.15, -0.1) is 0 Å². The Hall–Kier alpha value is -2.89. The third-order valence-electron chi connectivity index (χ3n) is 3.02. The van der Waals surface area contributed by atoms with Crippen molar-refractivity contribution >= 4 is 17.7 Å². The van der Waals surface area contributed by atoms with E-state index >= 15 is 0 Å². The molecule has 0 unspecified atom stereocenters. The van der Waals surface area contributed by atoms with Gasteiger partial charge in [0.25, 0.3) is 0 Å². The smallest absolute Gasteiger partial charge is 0.337 e. The highest BCUT2D eigenvalue weighted by molar-refractivity contribution is 5.93. The first-order valence-corrected chi connectivity index (χ1v) is 6.69. The maximum atomic E-state index is 12.1. The molecule has 0 radical (unpaired) electrons. The maximum absolute atomic E-state index is 12.1. The summed E-state index contributed by atoms with van der Waals surface area (Å²) in [6, 6.07) is 10.0. The van der Waals surface area contributed by atoms with Crippen LogP contribution >= 0.6 is 0 Å². The van der Waals surface area contributed by atoms with E-state index in [9.17, 15) is 9.59 Å². The lowest BCUT2D eigenvalue weighted by molar-refractivity contribution is 0.0600. The van der Waals surface area contributed by atoms with Crippen LogP contribution in [0.4, 0.5) is 10.5 Å². The molecule has 0 saturated carbocycles. The van der Waals surface area contributed by atoms with Gasteiger partial charge in [0.2, 0.25) is 0 Å². The van der Waals surface area contributed by atoms with Gasteiger partial charge in [-0.3, -0.25) is 4.98 Å². The first-order valence-electron chi connectivity index (χ1n) is 6.69. The molecule has 0 aliphatic rings. The number of carbonyl (C=O) groups is 2. The molecule has 22 heavy (non-hydrogen) atoms. The minimum atomic E-state index is -0.445. The van der Waals surface area contributed by atoms with Crippen molar-refractivity contribution in [2.45, 2.75) is 6.54 Å². The number of aromatic nitrogens is 1. The first kappa shape index (κ1) is 15.5. The number of hydrogen-bond acceptors (Lipinski definition) is 4. The van der Waals surface area contributed by atoms with Crippen molar-refractivity contribution in [3.05, 3.63) is 59.9 Å². The van der Waals surface area contributed by atoms with Gasteiger partial charge in [0.05, 0.1) is 12.7 Å². The summed E-state index contributed by atoms with van der Waals surface area (Å²) in [4.78, 5) is 29.2. The van der Waals surface area contributed by atoms with E-state index in [4.69, 9.17) is 0 Å². The minimum absolute atomic E-state index is 0.272. The van der Waals surface area contributed by atoms with E-state index in [1.165, 1.54) is 12.0 Å². The Morgan fingerprint density at radius 3 is 2.77 bits per heavy atom. The number of anilines is 1. The maximum Gasteiger partial charge on any atom is 0.337 e. The molecule has 0 fully saturated rings. The Morgan fingerprint density at radius 1 is 1.27 bits per heavy atom. The molecule has 0 spiro atoms. The van der Waals surface area contributed by atoms with Crippen molar-refractivity contribution < 1.29 is 14.3 Å². The molecule has 2 rings (SSSR count). The number of nitrogens with one attached hydrogen (secondary N) is 1. The average molecular weight is 299 g/mol. The Morgan fingerprint density at radius 2 is 2.09 bits per heavy atom. The number of benzene rings is 1. The second-order valence-corrected chi connectivity index (χ2v) is 4.72. The van der Waals surface area contributed by atoms with Crippen LogP contribution in [0.1, 0.15) is 15.9 Å². The number of hydrogen-bond donors (Lipinski definition) is 1. The quantitative estimate of drug-likeness (QED) is 0.881. The highest BCUT2D eigenvalue weighted by atomic mass is 16.5. The number of rotatable bonds is 4. The summed E-state index contributed by atoms with van der Waals surface area (Å²) < 4.78 is 4.65. The van der Waals surface area contributed by atoms with E-state index in [2.05, 4.69) is 15.0 Å². The lowest BCUT2D eigenvalue weighted by Crippen LogP contribution is -2.30. The Bertz CT molecular complexity index is 659. The zero-order valence-corrected chi connectivity index (χ0v) is 12.4. The Kier molecular flexibility index (Phi) is 5.08. The van der Waals surface area contributed by atoms with Crippen molar-refractivity contribution in [3.63, 3.8) is 0 Å². The van der Waals surface area contributed by atoms with Gasteiger partial charge in [0.15, 0.2) is 0 Å². The van der Waals surface area contributed by atoms with Gasteiger partial charge < -0.3 is 15.0 Å². The Labute approximate surface area is 128 Å². The molecule has 0 aliphatic heterocycles. The van der Waals surface area contributed by atoms with Gasteiger partial charge in [0.1, 0.15) is 0 Å². The molecule has 2 aromatic rings. The molecule has 0 atom stereocenters. The molecule has 1 heterocycles. The zero-order chi connectivity index (χ0) is 15.9. The number of ether oxygens (including phenoxy) is 1. The molecule has 0 aliphatic carbocycles. The van der Waals surface area contributed by atoms with E-state index in [0.29, 0.717) is 17.8 Å². The van der Waals surface area contributed by atoms with Crippen molar-refractivity contribution in [2.75, 3.05) is 19.5 Å². The fraction of sp³-hybridized carbons (Fsp3) is 0.188. The number of methoxy groups -OCH3 is 1. The van der Waals surface area contributed by atoms with Crippen molar-refractivity contribution in [1.82, 2.24) is 9.88 Å². The monoisotopic (exact) mass is 299 g/mol. The molecule has 1 aromatic heterocycles. The number of urea groups is 1. The van der Waals surface area contributed by atoms with Gasteiger partial charge in [-0.2, -0.15) is 0 Å². The second kappa shape index (κ2) is 7.21. The molecule has 6 nitrogen and oxygen atoms in total. The predicted molar refractivity (Wildman–Crippen MR) is 82.5 cm³/mol. The number of pyridine rings is 1. The number of esters is 1. The molecule has 6 heteroatoms. The van der Waals surface area contributed by atoms with Crippen LogP contribution in [-0.2, 0) is 11.3 Å². The highest BCUT2D eigenvalue weighted by Gasteiger charge is 2.11. The largest absolute Gasteiger partial charge is 0.465 e. The first-order chi connectivity index (χ1) is 10.6. The summed E-state index contributed by atoms with van der Waals surface area (Å²) in [6.45, 7) is 0.441. The normalized spacial score (nSPS) is 9.91. The fourth-order valence-electron chi connectivity index (χ4n) is 1.90. The number of nitrogens with zero attached hydrogens (tertiary/aromatic N) is 2. The van der Waals surface area contributed by atoms with Gasteiger partial charge in [-0.05, 0) is 29.8 Å². The van der Waals surface area contributed by atoms with Gasteiger partial charge in [-0.25, -0.2) is 9.59 Å². The third kappa shape index (κ3) is 4.05. The van der Waals surface area contributed by atoms with Crippen molar-refractivity contribution in [3.8, 4) is 0 Å². The molecule has 2 amide bonds. The van der Waals surface area contributed by atoms with Crippen LogP contribution in [0.25, 0.3) is 0 Å². The number of amides is 2. The van der Waals surface area contributed by atoms with Crippen LogP contribution in [0.5, 0.6) is 0 Å². The summed E-state index contributed by atoms with van der Waals surface area (Å²) in [5.41, 5.74) is 1.85. The third-order valence-corrected chi connectivity index (χ3v) is 3.02. The van der Waals surface area contributed by atoms with Gasteiger partial charge in [0, 0.05) is 31.7 Å². The minimum Gasteiger partial charge on any atom is -0.465 e. The molecular weight excluding hydrogens is 282 g/mol. The Balaban J connectivity index is 2.01. The van der Waals surface area contributed by atoms with E-state index in [-0.39, 0.29) is 6.03 Å². The van der Waals surface area contributed by atoms with Crippen LogP contribution in [0.15, 0.2) is 48.8 Å². The van der Waals surface area contributed by atoms with Crippen LogP contribution in [-0.4, -0.2) is 36.0 Å².